The molecule has 0 saturated heterocycles. The van der Waals surface area contributed by atoms with Crippen LogP contribution in [0.2, 0.25) is 10.0 Å². The summed E-state index contributed by atoms with van der Waals surface area (Å²) in [7, 11) is -2.72. The molecule has 0 aliphatic rings. The lowest BCUT2D eigenvalue weighted by molar-refractivity contribution is -0.140. The Kier molecular flexibility index (Phi) is 10.8. The molecule has 1 atom stereocenters. The van der Waals surface area contributed by atoms with Crippen LogP contribution in [0.4, 0.5) is 5.69 Å². The Morgan fingerprint density at radius 1 is 0.950 bits per heavy atom. The number of nitrogens with one attached hydrogen (secondary N) is 1. The summed E-state index contributed by atoms with van der Waals surface area (Å²) in [4.78, 5) is 28.1. The lowest BCUT2D eigenvalue weighted by atomic mass is 10.1. The number of rotatable bonds is 12. The van der Waals surface area contributed by atoms with E-state index in [1.807, 2.05) is 13.8 Å². The quantitative estimate of drug-likeness (QED) is 0.296. The van der Waals surface area contributed by atoms with Crippen LogP contribution >= 0.6 is 23.2 Å². The number of hydrogen-bond acceptors (Lipinski definition) is 5. The molecule has 0 radical (unpaired) electrons. The Hall–Kier alpha value is -3.27. The SMILES string of the molecule is CCOc1ccc(S(=O)(=O)N(CC(=O)N(Cc2c(Cl)cccc2Cl)C(CC)C(=O)NC)c2ccc(C)cc2)cc1. The van der Waals surface area contributed by atoms with E-state index in [9.17, 15) is 18.0 Å². The van der Waals surface area contributed by atoms with E-state index in [0.717, 1.165) is 9.87 Å². The molecule has 0 bridgehead atoms. The molecule has 0 aromatic heterocycles. The summed E-state index contributed by atoms with van der Waals surface area (Å²) in [6.07, 6.45) is 0.281. The first-order chi connectivity index (χ1) is 19.0. The van der Waals surface area contributed by atoms with Gasteiger partial charge in [-0.25, -0.2) is 8.42 Å². The van der Waals surface area contributed by atoms with Gasteiger partial charge in [0, 0.05) is 29.2 Å². The van der Waals surface area contributed by atoms with Crippen LogP contribution in [0.3, 0.4) is 0 Å². The molecule has 0 heterocycles. The fraction of sp³-hybridized carbons (Fsp3) is 0.310. The Bertz CT molecular complexity index is 1410. The van der Waals surface area contributed by atoms with Crippen molar-refractivity contribution in [3.8, 4) is 5.75 Å². The van der Waals surface area contributed by atoms with Crippen molar-refractivity contribution in [3.63, 3.8) is 0 Å². The van der Waals surface area contributed by atoms with Gasteiger partial charge >= 0.3 is 0 Å². The van der Waals surface area contributed by atoms with Gasteiger partial charge in [-0.1, -0.05) is 53.9 Å². The first-order valence-corrected chi connectivity index (χ1v) is 15.0. The minimum Gasteiger partial charge on any atom is -0.494 e. The zero-order valence-corrected chi connectivity index (χ0v) is 25.2. The van der Waals surface area contributed by atoms with Gasteiger partial charge < -0.3 is 15.0 Å². The standard InChI is InChI=1S/C29H33Cl2N3O5S/c1-5-27(29(36)32-4)33(18-24-25(30)8-7-9-26(24)31)28(35)19-34(21-12-10-20(3)11-13-21)40(37,38)23-16-14-22(15-17-23)39-6-2/h7-17,27H,5-6,18-19H2,1-4H3,(H,32,36). The molecule has 0 saturated carbocycles. The van der Waals surface area contributed by atoms with Gasteiger partial charge in [-0.15, -0.1) is 0 Å². The van der Waals surface area contributed by atoms with Gasteiger partial charge in [0.25, 0.3) is 10.0 Å². The first-order valence-electron chi connectivity index (χ1n) is 12.8. The predicted octanol–water partition coefficient (Wildman–Crippen LogP) is 5.45. The van der Waals surface area contributed by atoms with Crippen LogP contribution in [-0.4, -0.2) is 51.4 Å². The number of anilines is 1. The molecule has 40 heavy (non-hydrogen) atoms. The normalized spacial score (nSPS) is 11.9. The average molecular weight is 607 g/mol. The second-order valence-corrected chi connectivity index (χ2v) is 11.7. The summed E-state index contributed by atoms with van der Waals surface area (Å²) < 4.78 is 34.4. The van der Waals surface area contributed by atoms with E-state index in [1.54, 1.807) is 61.5 Å². The lowest BCUT2D eigenvalue weighted by Gasteiger charge is -2.33. The molecule has 8 nitrogen and oxygen atoms in total. The predicted molar refractivity (Wildman–Crippen MR) is 158 cm³/mol. The van der Waals surface area contributed by atoms with Crippen LogP contribution < -0.4 is 14.4 Å². The fourth-order valence-electron chi connectivity index (χ4n) is 4.18. The fourth-order valence-corrected chi connectivity index (χ4v) is 6.11. The molecule has 0 aliphatic carbocycles. The van der Waals surface area contributed by atoms with Crippen LogP contribution in [0.5, 0.6) is 5.75 Å². The van der Waals surface area contributed by atoms with E-state index in [-0.39, 0.29) is 17.9 Å². The Balaban J connectivity index is 2.08. The molecule has 3 aromatic rings. The zero-order chi connectivity index (χ0) is 29.4. The van der Waals surface area contributed by atoms with Crippen LogP contribution in [0, 0.1) is 6.92 Å². The number of halogens is 2. The van der Waals surface area contributed by atoms with Gasteiger partial charge in [0.2, 0.25) is 11.8 Å². The summed E-state index contributed by atoms with van der Waals surface area (Å²) in [6, 6.07) is 16.9. The highest BCUT2D eigenvalue weighted by Crippen LogP contribution is 2.29. The maximum atomic E-state index is 14.0. The monoisotopic (exact) mass is 605 g/mol. The molecule has 0 fully saturated rings. The Morgan fingerprint density at radius 2 is 1.55 bits per heavy atom. The third-order valence-corrected chi connectivity index (χ3v) is 8.84. The number of carbonyl (C=O) groups is 2. The number of nitrogens with zero attached hydrogens (tertiary/aromatic N) is 2. The third-order valence-electron chi connectivity index (χ3n) is 6.35. The van der Waals surface area contributed by atoms with Crippen LogP contribution in [0.25, 0.3) is 0 Å². The number of likely N-dealkylation sites (N-methyl/N-ethyl adjacent to an activating group) is 1. The molecule has 2 amide bonds. The second kappa shape index (κ2) is 13.9. The van der Waals surface area contributed by atoms with E-state index >= 15 is 0 Å². The van der Waals surface area contributed by atoms with E-state index in [2.05, 4.69) is 5.32 Å². The molecule has 214 valence electrons. The van der Waals surface area contributed by atoms with Crippen LogP contribution in [0.1, 0.15) is 31.4 Å². The van der Waals surface area contributed by atoms with Crippen LogP contribution in [0.15, 0.2) is 71.6 Å². The van der Waals surface area contributed by atoms with E-state index < -0.39 is 34.4 Å². The maximum Gasteiger partial charge on any atom is 0.264 e. The molecular weight excluding hydrogens is 573 g/mol. The second-order valence-electron chi connectivity index (χ2n) is 9.01. The van der Waals surface area contributed by atoms with Gasteiger partial charge in [0.1, 0.15) is 18.3 Å². The van der Waals surface area contributed by atoms with Crippen molar-refractivity contribution in [1.29, 1.82) is 0 Å². The number of amides is 2. The maximum absolute atomic E-state index is 14.0. The van der Waals surface area contributed by atoms with E-state index in [4.69, 9.17) is 27.9 Å². The van der Waals surface area contributed by atoms with E-state index in [1.165, 1.54) is 24.1 Å². The lowest BCUT2D eigenvalue weighted by Crippen LogP contribution is -2.51. The van der Waals surface area contributed by atoms with Gasteiger partial charge in [-0.05, 0) is 68.8 Å². The summed E-state index contributed by atoms with van der Waals surface area (Å²) in [5.74, 6) is -0.463. The zero-order valence-electron chi connectivity index (χ0n) is 22.9. The third kappa shape index (κ3) is 7.27. The van der Waals surface area contributed by atoms with Crippen LogP contribution in [-0.2, 0) is 26.2 Å². The number of ether oxygens (including phenoxy) is 1. The number of carbonyl (C=O) groups excluding carboxylic acids is 2. The Morgan fingerprint density at radius 3 is 2.08 bits per heavy atom. The van der Waals surface area contributed by atoms with Crippen molar-refractivity contribution in [2.45, 2.75) is 44.7 Å². The smallest absolute Gasteiger partial charge is 0.264 e. The molecule has 11 heteroatoms. The van der Waals surface area contributed by atoms with Crippen molar-refractivity contribution in [2.75, 3.05) is 24.5 Å². The van der Waals surface area contributed by atoms with Gasteiger partial charge in [0.15, 0.2) is 0 Å². The average Bonchev–Trinajstić information content (AvgIpc) is 2.93. The van der Waals surface area contributed by atoms with Gasteiger partial charge in [0.05, 0.1) is 17.2 Å². The minimum atomic E-state index is -4.20. The molecule has 1 unspecified atom stereocenters. The van der Waals surface area contributed by atoms with Crippen molar-refractivity contribution < 1.29 is 22.7 Å². The molecule has 3 rings (SSSR count). The Labute approximate surface area is 245 Å². The summed E-state index contributed by atoms with van der Waals surface area (Å²) >= 11 is 12.8. The number of benzene rings is 3. The van der Waals surface area contributed by atoms with Crippen molar-refractivity contribution in [3.05, 3.63) is 87.9 Å². The first kappa shape index (κ1) is 31.3. The number of sulfonamides is 1. The highest BCUT2D eigenvalue weighted by molar-refractivity contribution is 7.92. The summed E-state index contributed by atoms with van der Waals surface area (Å²) in [5.41, 5.74) is 1.68. The molecular formula is C29H33Cl2N3O5S. The summed E-state index contributed by atoms with van der Waals surface area (Å²) in [5, 5.41) is 3.24. The number of aryl methyl sites for hydroxylation is 1. The van der Waals surface area contributed by atoms with Crippen molar-refractivity contribution in [1.82, 2.24) is 10.2 Å². The topological polar surface area (TPSA) is 96.0 Å². The molecule has 1 N–H and O–H groups in total. The minimum absolute atomic E-state index is 0.0108. The highest BCUT2D eigenvalue weighted by atomic mass is 35.5. The van der Waals surface area contributed by atoms with E-state index in [0.29, 0.717) is 33.7 Å². The van der Waals surface area contributed by atoms with Gasteiger partial charge in [-0.3, -0.25) is 13.9 Å². The van der Waals surface area contributed by atoms with Crippen molar-refractivity contribution in [2.24, 2.45) is 0 Å². The van der Waals surface area contributed by atoms with Crippen molar-refractivity contribution >= 4 is 50.7 Å². The molecule has 0 spiro atoms. The largest absolute Gasteiger partial charge is 0.494 e. The number of hydrogen-bond donors (Lipinski definition) is 1. The molecule has 3 aromatic carbocycles. The molecule has 0 aliphatic heterocycles. The highest BCUT2D eigenvalue weighted by Gasteiger charge is 2.34. The summed E-state index contributed by atoms with van der Waals surface area (Å²) in [6.45, 7) is 5.26. The van der Waals surface area contributed by atoms with Gasteiger partial charge in [-0.2, -0.15) is 0 Å².